The molecule has 2 aliphatic rings. The maximum atomic E-state index is 13.1. The Morgan fingerprint density at radius 3 is 2.50 bits per heavy atom. The van der Waals surface area contributed by atoms with E-state index in [4.69, 9.17) is 5.41 Å². The Bertz CT molecular complexity index is 798. The maximum Gasteiger partial charge on any atom is 0.266 e. The zero-order chi connectivity index (χ0) is 20.1. The van der Waals surface area contributed by atoms with Crippen LogP contribution in [0.4, 0.5) is 0 Å². The summed E-state index contributed by atoms with van der Waals surface area (Å²) >= 11 is 0. The van der Waals surface area contributed by atoms with E-state index in [2.05, 4.69) is 12.2 Å². The number of guanidine groups is 1. The lowest BCUT2D eigenvalue weighted by atomic mass is 9.94. The summed E-state index contributed by atoms with van der Waals surface area (Å²) in [6, 6.07) is 7.49. The summed E-state index contributed by atoms with van der Waals surface area (Å²) in [5, 5.41) is 11.8. The average molecular weight is 405 g/mol. The third-order valence-corrected chi connectivity index (χ3v) is 7.62. The van der Waals surface area contributed by atoms with E-state index in [0.29, 0.717) is 19.1 Å². The summed E-state index contributed by atoms with van der Waals surface area (Å²) in [4.78, 5) is 2.24. The number of benzene rings is 1. The first-order chi connectivity index (χ1) is 13.4. The second kappa shape index (κ2) is 9.09. The summed E-state index contributed by atoms with van der Waals surface area (Å²) in [7, 11) is -3.69. The van der Waals surface area contributed by atoms with E-state index in [9.17, 15) is 8.42 Å². The van der Waals surface area contributed by atoms with Crippen LogP contribution in [0.1, 0.15) is 57.6 Å². The minimum atomic E-state index is -3.69. The minimum absolute atomic E-state index is 0.136. The van der Waals surface area contributed by atoms with Crippen molar-refractivity contribution in [2.24, 2.45) is 0 Å². The van der Waals surface area contributed by atoms with Crippen LogP contribution in [0.3, 0.4) is 0 Å². The van der Waals surface area contributed by atoms with E-state index >= 15 is 0 Å². The third-order valence-electron chi connectivity index (χ3n) is 5.81. The van der Waals surface area contributed by atoms with Gasteiger partial charge in [-0.1, -0.05) is 43.5 Å². The summed E-state index contributed by atoms with van der Waals surface area (Å²) in [6.45, 7) is 5.80. The van der Waals surface area contributed by atoms with Crippen LogP contribution in [-0.2, 0) is 10.0 Å². The molecule has 1 atom stereocenters. The molecule has 154 valence electrons. The number of nitrogens with one attached hydrogen (secondary N) is 2. The predicted molar refractivity (Wildman–Crippen MR) is 113 cm³/mol. The van der Waals surface area contributed by atoms with Gasteiger partial charge in [0, 0.05) is 25.2 Å². The Balaban J connectivity index is 1.69. The van der Waals surface area contributed by atoms with Crippen LogP contribution in [-0.4, -0.2) is 49.3 Å². The van der Waals surface area contributed by atoms with Crippen molar-refractivity contribution in [2.45, 2.75) is 62.9 Å². The van der Waals surface area contributed by atoms with E-state index in [0.717, 1.165) is 24.9 Å². The van der Waals surface area contributed by atoms with Crippen LogP contribution in [0.25, 0.3) is 0 Å². The molecule has 0 aromatic heterocycles. The van der Waals surface area contributed by atoms with Crippen molar-refractivity contribution in [1.82, 2.24) is 14.5 Å². The van der Waals surface area contributed by atoms with E-state index in [-0.39, 0.29) is 16.9 Å². The van der Waals surface area contributed by atoms with Crippen molar-refractivity contribution in [3.8, 4) is 0 Å². The molecule has 2 N–H and O–H groups in total. The second-order valence-electron chi connectivity index (χ2n) is 7.65. The van der Waals surface area contributed by atoms with Gasteiger partial charge in [-0.05, 0) is 44.4 Å². The molecule has 1 saturated carbocycles. The van der Waals surface area contributed by atoms with Gasteiger partial charge in [0.1, 0.15) is 0 Å². The highest BCUT2D eigenvalue weighted by Gasteiger charge is 2.38. The number of allylic oxidation sites excluding steroid dienone is 1. The number of hydrogen-bond acceptors (Lipinski definition) is 4. The molecule has 1 unspecified atom stereocenters. The van der Waals surface area contributed by atoms with Gasteiger partial charge >= 0.3 is 0 Å². The largest absolute Gasteiger partial charge is 0.337 e. The Kier molecular flexibility index (Phi) is 6.78. The predicted octanol–water partition coefficient (Wildman–Crippen LogP) is 3.49. The summed E-state index contributed by atoms with van der Waals surface area (Å²) in [5.41, 5.74) is 1.05. The van der Waals surface area contributed by atoms with Gasteiger partial charge in [0.2, 0.25) is 5.96 Å². The van der Waals surface area contributed by atoms with Crippen molar-refractivity contribution in [3.63, 3.8) is 0 Å². The van der Waals surface area contributed by atoms with Gasteiger partial charge in [0.25, 0.3) is 10.0 Å². The third kappa shape index (κ3) is 4.41. The van der Waals surface area contributed by atoms with E-state index in [1.165, 1.54) is 23.6 Å². The molecule has 0 bridgehead atoms. The first-order valence-electron chi connectivity index (χ1n) is 10.3. The highest BCUT2D eigenvalue weighted by Crippen LogP contribution is 2.28. The maximum absolute atomic E-state index is 13.1. The van der Waals surface area contributed by atoms with Gasteiger partial charge in [-0.3, -0.25) is 5.41 Å². The van der Waals surface area contributed by atoms with Crippen molar-refractivity contribution in [1.29, 1.82) is 5.41 Å². The fraction of sp³-hybridized carbons (Fsp3) is 0.571. The Morgan fingerprint density at radius 2 is 1.86 bits per heavy atom. The molecule has 1 heterocycles. The van der Waals surface area contributed by atoms with Crippen LogP contribution in [0.15, 0.2) is 41.3 Å². The molecule has 1 aliphatic carbocycles. The fourth-order valence-electron chi connectivity index (χ4n) is 4.07. The molecular formula is C21H32N4O2S. The zero-order valence-electron chi connectivity index (χ0n) is 16.9. The summed E-state index contributed by atoms with van der Waals surface area (Å²) in [5.74, 6) is 0.136. The summed E-state index contributed by atoms with van der Waals surface area (Å²) < 4.78 is 27.5. The fourth-order valence-corrected chi connectivity index (χ4v) is 5.46. The lowest BCUT2D eigenvalue weighted by molar-refractivity contribution is 0.260. The quantitative estimate of drug-likeness (QED) is 0.682. The lowest BCUT2D eigenvalue weighted by Crippen LogP contribution is -2.42. The molecule has 1 aliphatic heterocycles. The molecule has 1 aromatic carbocycles. The Labute approximate surface area is 169 Å². The topological polar surface area (TPSA) is 76.5 Å². The smallest absolute Gasteiger partial charge is 0.266 e. The molecule has 2 fully saturated rings. The van der Waals surface area contributed by atoms with Gasteiger partial charge in [0.15, 0.2) is 0 Å². The Hall–Kier alpha value is -1.86. The average Bonchev–Trinajstić information content (AvgIpc) is 3.11. The normalized spacial score (nSPS) is 20.3. The van der Waals surface area contributed by atoms with E-state index in [1.54, 1.807) is 12.1 Å². The monoisotopic (exact) mass is 404 g/mol. The molecule has 28 heavy (non-hydrogen) atoms. The highest BCUT2D eigenvalue weighted by atomic mass is 32.2. The van der Waals surface area contributed by atoms with Gasteiger partial charge in [-0.25, -0.2) is 12.7 Å². The number of rotatable bonds is 7. The van der Waals surface area contributed by atoms with Gasteiger partial charge in [0.05, 0.1) is 11.4 Å². The molecule has 0 spiro atoms. The zero-order valence-corrected chi connectivity index (χ0v) is 17.7. The van der Waals surface area contributed by atoms with Gasteiger partial charge in [-0.15, -0.1) is 0 Å². The van der Waals surface area contributed by atoms with Crippen LogP contribution in [0, 0.1) is 5.41 Å². The number of sulfonamides is 1. The van der Waals surface area contributed by atoms with E-state index < -0.39 is 10.0 Å². The molecule has 7 heteroatoms. The van der Waals surface area contributed by atoms with Crippen LogP contribution < -0.4 is 5.32 Å². The van der Waals surface area contributed by atoms with Crippen molar-refractivity contribution in [2.75, 3.05) is 19.6 Å². The second-order valence-corrected chi connectivity index (χ2v) is 9.52. The van der Waals surface area contributed by atoms with E-state index in [1.807, 2.05) is 36.1 Å². The molecular weight excluding hydrogens is 372 g/mol. The highest BCUT2D eigenvalue weighted by molar-refractivity contribution is 7.89. The summed E-state index contributed by atoms with van der Waals surface area (Å²) in [6.07, 6.45) is 9.75. The lowest BCUT2D eigenvalue weighted by Gasteiger charge is -2.32. The van der Waals surface area contributed by atoms with Crippen LogP contribution >= 0.6 is 0 Å². The molecule has 6 nitrogen and oxygen atoms in total. The van der Waals surface area contributed by atoms with Crippen molar-refractivity contribution >= 4 is 16.0 Å². The van der Waals surface area contributed by atoms with Crippen LogP contribution in [0.5, 0.6) is 0 Å². The molecule has 0 amide bonds. The first-order valence-corrected chi connectivity index (χ1v) is 11.7. The molecule has 1 saturated heterocycles. The minimum Gasteiger partial charge on any atom is -0.337 e. The van der Waals surface area contributed by atoms with Crippen molar-refractivity contribution in [3.05, 3.63) is 42.0 Å². The van der Waals surface area contributed by atoms with Gasteiger partial charge < -0.3 is 10.2 Å². The van der Waals surface area contributed by atoms with Crippen molar-refractivity contribution < 1.29 is 8.42 Å². The van der Waals surface area contributed by atoms with Crippen LogP contribution in [0.2, 0.25) is 0 Å². The molecule has 0 radical (unpaired) electrons. The number of hydrogen-bond donors (Lipinski definition) is 2. The first kappa shape index (κ1) is 20.9. The SMILES string of the molecule is C/C=C\CNC(C)c1ccc(S(=O)(=O)N2CCN(C3CCCCC3)C2=N)cc1. The molecule has 1 aromatic rings. The number of nitrogens with zero attached hydrogens (tertiary/aromatic N) is 2. The standard InChI is InChI=1S/C21H32N4O2S/c1-3-4-14-23-17(2)18-10-12-20(13-11-18)28(26,27)25-16-15-24(21(25)22)19-8-6-5-7-9-19/h3-4,10-13,17,19,22-23H,5-9,14-16H2,1-2H3/b4-3-,22-21?. The Morgan fingerprint density at radius 1 is 1.18 bits per heavy atom. The molecule has 3 rings (SSSR count). The van der Waals surface area contributed by atoms with Gasteiger partial charge in [-0.2, -0.15) is 0 Å².